The Morgan fingerprint density at radius 3 is 2.53 bits per heavy atom. The fraction of sp³-hybridized carbons (Fsp3) is 0.444. The van der Waals surface area contributed by atoms with Crippen molar-refractivity contribution in [2.45, 2.75) is 39.2 Å². The molecule has 0 radical (unpaired) electrons. The number of rotatable bonds is 10. The summed E-state index contributed by atoms with van der Waals surface area (Å²) in [5.74, 6) is -0.432. The Balaban J connectivity index is 1.26. The van der Waals surface area contributed by atoms with E-state index < -0.39 is 5.69 Å². The lowest BCUT2D eigenvalue weighted by Gasteiger charge is -2.36. The Bertz CT molecular complexity index is 1310. The Hall–Kier alpha value is -3.46. The number of nitrogens with zero attached hydrogens (tertiary/aromatic N) is 3. The van der Waals surface area contributed by atoms with E-state index in [0.717, 1.165) is 58.4 Å². The van der Waals surface area contributed by atoms with Crippen LogP contribution in [0, 0.1) is 5.82 Å². The van der Waals surface area contributed by atoms with Crippen molar-refractivity contribution in [2.24, 2.45) is 0 Å². The third-order valence-corrected chi connectivity index (χ3v) is 6.73. The molecule has 1 fully saturated rings. The van der Waals surface area contributed by atoms with Crippen LogP contribution in [0.25, 0.3) is 10.9 Å². The zero-order chi connectivity index (χ0) is 25.5. The zero-order valence-electron chi connectivity index (χ0n) is 20.8. The van der Waals surface area contributed by atoms with Gasteiger partial charge in [-0.15, -0.1) is 0 Å². The highest BCUT2D eigenvalue weighted by molar-refractivity contribution is 5.97. The number of fused-ring (bicyclic) bond motifs is 1. The molecule has 1 aliphatic rings. The number of aromatic nitrogens is 2. The summed E-state index contributed by atoms with van der Waals surface area (Å²) >= 11 is 0. The van der Waals surface area contributed by atoms with Gasteiger partial charge in [-0.05, 0) is 49.7 Å². The van der Waals surface area contributed by atoms with Gasteiger partial charge < -0.3 is 15.2 Å². The van der Waals surface area contributed by atoms with Crippen LogP contribution in [0.2, 0.25) is 0 Å². The minimum Gasteiger partial charge on any atom is -0.367 e. The van der Waals surface area contributed by atoms with Gasteiger partial charge in [0.1, 0.15) is 5.82 Å². The number of benzene rings is 2. The van der Waals surface area contributed by atoms with Crippen LogP contribution < -0.4 is 21.5 Å². The molecule has 0 saturated carbocycles. The van der Waals surface area contributed by atoms with Gasteiger partial charge in [0.15, 0.2) is 0 Å². The minimum atomic E-state index is -0.448. The SMILES string of the molecule is CCCCCn1c(=O)[nH]c2cc(C(=O)NCCCN3CCN(c4ccccc4F)CC3)ccc2c1=O. The van der Waals surface area contributed by atoms with Crippen LogP contribution in [0.15, 0.2) is 52.1 Å². The van der Waals surface area contributed by atoms with E-state index >= 15 is 0 Å². The molecule has 2 N–H and O–H groups in total. The summed E-state index contributed by atoms with van der Waals surface area (Å²) in [4.78, 5) is 44.9. The number of anilines is 1. The molecule has 0 atom stereocenters. The van der Waals surface area contributed by atoms with Crippen LogP contribution in [-0.4, -0.2) is 59.6 Å². The fourth-order valence-corrected chi connectivity index (χ4v) is 4.65. The van der Waals surface area contributed by atoms with Gasteiger partial charge in [0.05, 0.1) is 16.6 Å². The highest BCUT2D eigenvalue weighted by atomic mass is 19.1. The number of amides is 1. The molecule has 1 saturated heterocycles. The van der Waals surface area contributed by atoms with Crippen molar-refractivity contribution in [1.82, 2.24) is 19.8 Å². The smallest absolute Gasteiger partial charge is 0.328 e. The molecule has 3 aromatic rings. The van der Waals surface area contributed by atoms with E-state index in [0.29, 0.717) is 35.2 Å². The predicted molar refractivity (Wildman–Crippen MR) is 140 cm³/mol. The number of carbonyl (C=O) groups is 1. The quantitative estimate of drug-likeness (QED) is 0.422. The molecule has 9 heteroatoms. The molecule has 1 aromatic heterocycles. The molecule has 1 aliphatic heterocycles. The molecule has 0 aliphatic carbocycles. The van der Waals surface area contributed by atoms with Crippen LogP contribution in [0.1, 0.15) is 43.0 Å². The van der Waals surface area contributed by atoms with E-state index in [1.54, 1.807) is 24.3 Å². The van der Waals surface area contributed by atoms with E-state index in [1.165, 1.54) is 10.6 Å². The lowest BCUT2D eigenvalue weighted by Crippen LogP contribution is -2.47. The van der Waals surface area contributed by atoms with Crippen molar-refractivity contribution < 1.29 is 9.18 Å². The summed E-state index contributed by atoms with van der Waals surface area (Å²) in [6.07, 6.45) is 3.52. The number of carbonyl (C=O) groups excluding carboxylic acids is 1. The second kappa shape index (κ2) is 12.0. The van der Waals surface area contributed by atoms with Crippen molar-refractivity contribution in [3.63, 3.8) is 0 Å². The fourth-order valence-electron chi connectivity index (χ4n) is 4.65. The minimum absolute atomic E-state index is 0.191. The van der Waals surface area contributed by atoms with Gasteiger partial charge in [0.25, 0.3) is 11.5 Å². The molecule has 1 amide bonds. The molecule has 192 valence electrons. The van der Waals surface area contributed by atoms with Crippen LogP contribution in [0.4, 0.5) is 10.1 Å². The molecule has 2 heterocycles. The molecule has 0 spiro atoms. The number of aromatic amines is 1. The maximum Gasteiger partial charge on any atom is 0.328 e. The van der Waals surface area contributed by atoms with Gasteiger partial charge >= 0.3 is 5.69 Å². The van der Waals surface area contributed by atoms with Gasteiger partial charge in [-0.3, -0.25) is 19.1 Å². The predicted octanol–water partition coefficient (Wildman–Crippen LogP) is 2.96. The topological polar surface area (TPSA) is 90.4 Å². The number of nitrogens with one attached hydrogen (secondary N) is 2. The first-order valence-corrected chi connectivity index (χ1v) is 12.7. The molecule has 8 nitrogen and oxygen atoms in total. The highest BCUT2D eigenvalue weighted by Crippen LogP contribution is 2.20. The summed E-state index contributed by atoms with van der Waals surface area (Å²) in [5.41, 5.74) is 0.650. The zero-order valence-corrected chi connectivity index (χ0v) is 20.8. The number of H-pyrrole nitrogens is 1. The van der Waals surface area contributed by atoms with E-state index in [4.69, 9.17) is 0 Å². The molecule has 0 unspecified atom stereocenters. The lowest BCUT2D eigenvalue weighted by atomic mass is 10.1. The van der Waals surface area contributed by atoms with Crippen LogP contribution in [0.5, 0.6) is 0 Å². The number of piperazine rings is 1. The van der Waals surface area contributed by atoms with E-state index in [9.17, 15) is 18.8 Å². The second-order valence-electron chi connectivity index (χ2n) is 9.24. The first-order valence-electron chi connectivity index (χ1n) is 12.7. The Kier molecular flexibility index (Phi) is 8.53. The second-order valence-corrected chi connectivity index (χ2v) is 9.24. The summed E-state index contributed by atoms with van der Waals surface area (Å²) in [7, 11) is 0. The maximum absolute atomic E-state index is 14.0. The summed E-state index contributed by atoms with van der Waals surface area (Å²) in [6, 6.07) is 11.6. The maximum atomic E-state index is 14.0. The summed E-state index contributed by atoms with van der Waals surface area (Å²) < 4.78 is 15.2. The third-order valence-electron chi connectivity index (χ3n) is 6.73. The highest BCUT2D eigenvalue weighted by Gasteiger charge is 2.19. The third kappa shape index (κ3) is 6.02. The van der Waals surface area contributed by atoms with Crippen LogP contribution in [-0.2, 0) is 6.54 Å². The summed E-state index contributed by atoms with van der Waals surface area (Å²) in [5, 5.41) is 3.32. The molecule has 0 bridgehead atoms. The number of hydrogen-bond donors (Lipinski definition) is 2. The van der Waals surface area contributed by atoms with E-state index in [-0.39, 0.29) is 17.3 Å². The van der Waals surface area contributed by atoms with Gasteiger partial charge in [-0.2, -0.15) is 0 Å². The first kappa shape index (κ1) is 25.6. The molecule has 4 rings (SSSR count). The van der Waals surface area contributed by atoms with Crippen molar-refractivity contribution in [1.29, 1.82) is 0 Å². The standard InChI is InChI=1S/C27H34FN5O3/c1-2-3-6-14-33-26(35)21-11-10-20(19-23(21)30-27(33)36)25(34)29-12-7-13-31-15-17-32(18-16-31)24-9-5-4-8-22(24)28/h4-5,8-11,19H,2-3,6-7,12-18H2,1H3,(H,29,34)(H,30,36). The largest absolute Gasteiger partial charge is 0.367 e. The normalized spacial score (nSPS) is 14.3. The van der Waals surface area contributed by atoms with Crippen LogP contribution >= 0.6 is 0 Å². The number of halogens is 1. The first-order chi connectivity index (χ1) is 17.5. The number of hydrogen-bond acceptors (Lipinski definition) is 5. The Labute approximate surface area is 209 Å². The van der Waals surface area contributed by atoms with Crippen molar-refractivity contribution in [3.05, 3.63) is 74.7 Å². The molecule has 36 heavy (non-hydrogen) atoms. The van der Waals surface area contributed by atoms with Gasteiger partial charge in [0.2, 0.25) is 0 Å². The van der Waals surface area contributed by atoms with Crippen molar-refractivity contribution >= 4 is 22.5 Å². The molecule has 2 aromatic carbocycles. The number of para-hydroxylation sites is 1. The van der Waals surface area contributed by atoms with E-state index in [2.05, 4.69) is 27.0 Å². The number of unbranched alkanes of at least 4 members (excludes halogenated alkanes) is 2. The monoisotopic (exact) mass is 495 g/mol. The van der Waals surface area contributed by atoms with Gasteiger partial charge in [0, 0.05) is 44.8 Å². The molecular formula is C27H34FN5O3. The van der Waals surface area contributed by atoms with Crippen molar-refractivity contribution in [2.75, 3.05) is 44.2 Å². The Morgan fingerprint density at radius 2 is 1.78 bits per heavy atom. The lowest BCUT2D eigenvalue weighted by molar-refractivity contribution is 0.0951. The van der Waals surface area contributed by atoms with Gasteiger partial charge in [-0.1, -0.05) is 31.9 Å². The Morgan fingerprint density at radius 1 is 1.00 bits per heavy atom. The molecular weight excluding hydrogens is 461 g/mol. The average Bonchev–Trinajstić information content (AvgIpc) is 2.89. The van der Waals surface area contributed by atoms with E-state index in [1.807, 2.05) is 12.1 Å². The average molecular weight is 496 g/mol. The van der Waals surface area contributed by atoms with Crippen LogP contribution in [0.3, 0.4) is 0 Å². The summed E-state index contributed by atoms with van der Waals surface area (Å²) in [6.45, 7) is 7.03. The van der Waals surface area contributed by atoms with Crippen molar-refractivity contribution in [3.8, 4) is 0 Å². The van der Waals surface area contributed by atoms with Gasteiger partial charge in [-0.25, -0.2) is 9.18 Å².